The first kappa shape index (κ1) is 10.4. The van der Waals surface area contributed by atoms with Gasteiger partial charge in [-0.3, -0.25) is 0 Å². The van der Waals surface area contributed by atoms with Crippen molar-refractivity contribution < 1.29 is 4.74 Å². The van der Waals surface area contributed by atoms with Gasteiger partial charge in [0.25, 0.3) is 0 Å². The second-order valence-electron chi connectivity index (χ2n) is 4.67. The second-order valence-corrected chi connectivity index (χ2v) is 4.67. The molecule has 0 N–H and O–H groups in total. The molecule has 0 radical (unpaired) electrons. The van der Waals surface area contributed by atoms with Crippen molar-refractivity contribution in [3.63, 3.8) is 0 Å². The Balaban J connectivity index is 2.40. The number of hydrogen-bond donors (Lipinski definition) is 0. The summed E-state index contributed by atoms with van der Waals surface area (Å²) in [5.74, 6) is 0.589. The lowest BCUT2D eigenvalue weighted by molar-refractivity contribution is 0.102. The van der Waals surface area contributed by atoms with E-state index in [1.54, 1.807) is 0 Å². The molecule has 74 valence electrons. The molecule has 1 heterocycles. The SMILES string of the molecule is CC(C)(C)C1COC(CN=[N+]=[N-])C1. The highest BCUT2D eigenvalue weighted by Gasteiger charge is 2.33. The van der Waals surface area contributed by atoms with Crippen molar-refractivity contribution in [3.05, 3.63) is 10.4 Å². The third-order valence-corrected chi connectivity index (χ3v) is 2.65. The van der Waals surface area contributed by atoms with Gasteiger partial charge in [-0.05, 0) is 23.3 Å². The van der Waals surface area contributed by atoms with Crippen LogP contribution in [-0.2, 0) is 4.74 Å². The fraction of sp³-hybridized carbons (Fsp3) is 1.00. The summed E-state index contributed by atoms with van der Waals surface area (Å²) in [5.41, 5.74) is 8.45. The lowest BCUT2D eigenvalue weighted by Crippen LogP contribution is -2.20. The van der Waals surface area contributed by atoms with E-state index in [0.717, 1.165) is 13.0 Å². The number of ether oxygens (including phenoxy) is 1. The van der Waals surface area contributed by atoms with Crippen LogP contribution in [0.2, 0.25) is 0 Å². The summed E-state index contributed by atoms with van der Waals surface area (Å²) in [6, 6.07) is 0. The van der Waals surface area contributed by atoms with E-state index < -0.39 is 0 Å². The van der Waals surface area contributed by atoms with Crippen LogP contribution in [0.25, 0.3) is 10.4 Å². The van der Waals surface area contributed by atoms with Crippen LogP contribution >= 0.6 is 0 Å². The molecular formula is C9H17N3O. The van der Waals surface area contributed by atoms with E-state index in [0.29, 0.717) is 17.9 Å². The molecule has 0 bridgehead atoms. The lowest BCUT2D eigenvalue weighted by atomic mass is 9.79. The van der Waals surface area contributed by atoms with E-state index in [9.17, 15) is 0 Å². The van der Waals surface area contributed by atoms with Crippen molar-refractivity contribution in [2.45, 2.75) is 33.3 Å². The minimum Gasteiger partial charge on any atom is -0.378 e. The van der Waals surface area contributed by atoms with Gasteiger partial charge in [-0.25, -0.2) is 0 Å². The molecular weight excluding hydrogens is 166 g/mol. The molecule has 0 amide bonds. The Morgan fingerprint density at radius 3 is 2.69 bits per heavy atom. The van der Waals surface area contributed by atoms with E-state index in [-0.39, 0.29) is 6.10 Å². The molecule has 0 aromatic rings. The molecule has 0 aliphatic carbocycles. The van der Waals surface area contributed by atoms with Crippen LogP contribution in [0.4, 0.5) is 0 Å². The molecule has 4 nitrogen and oxygen atoms in total. The quantitative estimate of drug-likeness (QED) is 0.369. The zero-order valence-electron chi connectivity index (χ0n) is 8.53. The molecule has 1 rings (SSSR count). The molecule has 1 saturated heterocycles. The summed E-state index contributed by atoms with van der Waals surface area (Å²) in [5, 5.41) is 3.53. The molecule has 0 spiro atoms. The maximum Gasteiger partial charge on any atom is 0.0635 e. The zero-order chi connectivity index (χ0) is 9.90. The van der Waals surface area contributed by atoms with Crippen LogP contribution in [-0.4, -0.2) is 19.3 Å². The third kappa shape index (κ3) is 2.90. The van der Waals surface area contributed by atoms with Gasteiger partial charge in [0, 0.05) is 4.91 Å². The summed E-state index contributed by atoms with van der Waals surface area (Å²) >= 11 is 0. The Hall–Kier alpha value is -0.730. The average Bonchev–Trinajstić information content (AvgIpc) is 2.47. The maximum atomic E-state index is 8.16. The highest BCUT2D eigenvalue weighted by atomic mass is 16.5. The molecule has 4 heteroatoms. The van der Waals surface area contributed by atoms with Crippen LogP contribution in [0, 0.1) is 11.3 Å². The Morgan fingerprint density at radius 2 is 2.23 bits per heavy atom. The summed E-state index contributed by atoms with van der Waals surface area (Å²) in [6.07, 6.45) is 1.16. The largest absolute Gasteiger partial charge is 0.378 e. The molecule has 0 aromatic heterocycles. The summed E-state index contributed by atoms with van der Waals surface area (Å²) in [4.78, 5) is 2.73. The molecule has 2 atom stereocenters. The maximum absolute atomic E-state index is 8.16. The predicted molar refractivity (Wildman–Crippen MR) is 51.3 cm³/mol. The summed E-state index contributed by atoms with van der Waals surface area (Å²) in [7, 11) is 0. The first-order valence-electron chi connectivity index (χ1n) is 4.66. The Labute approximate surface area is 78.9 Å². The van der Waals surface area contributed by atoms with Crippen molar-refractivity contribution in [1.82, 2.24) is 0 Å². The summed E-state index contributed by atoms with van der Waals surface area (Å²) < 4.78 is 5.53. The van der Waals surface area contributed by atoms with E-state index in [2.05, 4.69) is 30.8 Å². The van der Waals surface area contributed by atoms with E-state index >= 15 is 0 Å². The van der Waals surface area contributed by atoms with Crippen molar-refractivity contribution in [3.8, 4) is 0 Å². The van der Waals surface area contributed by atoms with Gasteiger partial charge in [0.15, 0.2) is 0 Å². The number of nitrogens with zero attached hydrogens (tertiary/aromatic N) is 3. The Kier molecular flexibility index (Phi) is 3.17. The fourth-order valence-electron chi connectivity index (χ4n) is 1.56. The molecule has 1 fully saturated rings. The third-order valence-electron chi connectivity index (χ3n) is 2.65. The minimum absolute atomic E-state index is 0.139. The predicted octanol–water partition coefficient (Wildman–Crippen LogP) is 2.75. The molecule has 1 aliphatic rings. The average molecular weight is 183 g/mol. The van der Waals surface area contributed by atoms with Crippen LogP contribution in [0.15, 0.2) is 5.11 Å². The highest BCUT2D eigenvalue weighted by molar-refractivity contribution is 4.83. The van der Waals surface area contributed by atoms with E-state index in [4.69, 9.17) is 10.3 Å². The van der Waals surface area contributed by atoms with Crippen LogP contribution in [0.1, 0.15) is 27.2 Å². The monoisotopic (exact) mass is 183 g/mol. The van der Waals surface area contributed by atoms with Gasteiger partial charge >= 0.3 is 0 Å². The first-order valence-corrected chi connectivity index (χ1v) is 4.66. The number of hydrogen-bond acceptors (Lipinski definition) is 2. The van der Waals surface area contributed by atoms with Gasteiger partial charge in [-0.2, -0.15) is 0 Å². The normalized spacial score (nSPS) is 28.5. The lowest BCUT2D eigenvalue weighted by Gasteiger charge is -2.25. The minimum atomic E-state index is 0.139. The number of azide groups is 1. The molecule has 0 saturated carbocycles. The Bertz CT molecular complexity index is 215. The van der Waals surface area contributed by atoms with Gasteiger partial charge in [-0.15, -0.1) is 0 Å². The first-order chi connectivity index (χ1) is 6.04. The van der Waals surface area contributed by atoms with Crippen molar-refractivity contribution in [1.29, 1.82) is 0 Å². The van der Waals surface area contributed by atoms with Gasteiger partial charge in [0.05, 0.1) is 19.3 Å². The molecule has 13 heavy (non-hydrogen) atoms. The highest BCUT2D eigenvalue weighted by Crippen LogP contribution is 2.35. The van der Waals surface area contributed by atoms with Gasteiger partial charge in [0.2, 0.25) is 0 Å². The van der Waals surface area contributed by atoms with Crippen molar-refractivity contribution in [2.75, 3.05) is 13.2 Å². The van der Waals surface area contributed by atoms with Crippen LogP contribution in [0.5, 0.6) is 0 Å². The Morgan fingerprint density at radius 1 is 1.54 bits per heavy atom. The smallest absolute Gasteiger partial charge is 0.0635 e. The van der Waals surface area contributed by atoms with Crippen LogP contribution in [0.3, 0.4) is 0 Å². The summed E-state index contributed by atoms with van der Waals surface area (Å²) in [6.45, 7) is 7.93. The van der Waals surface area contributed by atoms with Crippen LogP contribution < -0.4 is 0 Å². The topological polar surface area (TPSA) is 58.0 Å². The van der Waals surface area contributed by atoms with E-state index in [1.165, 1.54) is 0 Å². The second kappa shape index (κ2) is 3.99. The zero-order valence-corrected chi connectivity index (χ0v) is 8.53. The number of rotatable bonds is 2. The van der Waals surface area contributed by atoms with Gasteiger partial charge in [-0.1, -0.05) is 25.9 Å². The molecule has 1 aliphatic heterocycles. The van der Waals surface area contributed by atoms with E-state index in [1.807, 2.05) is 0 Å². The van der Waals surface area contributed by atoms with Gasteiger partial charge < -0.3 is 4.74 Å². The standard InChI is InChI=1S/C9H17N3O/c1-9(2,3)7-4-8(13-6-7)5-11-12-10/h7-8H,4-6H2,1-3H3. The molecule has 0 aromatic carbocycles. The molecule has 2 unspecified atom stereocenters. The van der Waals surface area contributed by atoms with Crippen molar-refractivity contribution >= 4 is 0 Å². The van der Waals surface area contributed by atoms with Gasteiger partial charge in [0.1, 0.15) is 0 Å². The van der Waals surface area contributed by atoms with Crippen molar-refractivity contribution in [2.24, 2.45) is 16.4 Å². The fourth-order valence-corrected chi connectivity index (χ4v) is 1.56.